The van der Waals surface area contributed by atoms with Crippen molar-refractivity contribution in [2.45, 2.75) is 51.6 Å². The van der Waals surface area contributed by atoms with E-state index in [0.29, 0.717) is 35.8 Å². The number of hydrogen-bond acceptors (Lipinski definition) is 4. The van der Waals surface area contributed by atoms with Gasteiger partial charge in [-0.3, -0.25) is 14.4 Å². The van der Waals surface area contributed by atoms with Gasteiger partial charge in [-0.15, -0.1) is 0 Å². The molecule has 2 aromatic carbocycles. The van der Waals surface area contributed by atoms with E-state index in [1.165, 1.54) is 0 Å². The highest BCUT2D eigenvalue weighted by molar-refractivity contribution is 6.09. The van der Waals surface area contributed by atoms with Crippen molar-refractivity contribution in [3.8, 4) is 0 Å². The lowest BCUT2D eigenvalue weighted by molar-refractivity contribution is -0.117. The zero-order valence-corrected chi connectivity index (χ0v) is 19.3. The third-order valence-electron chi connectivity index (χ3n) is 6.51. The number of amides is 3. The quantitative estimate of drug-likeness (QED) is 0.707. The molecule has 0 bridgehead atoms. The lowest BCUT2D eigenvalue weighted by atomic mass is 10.0. The fourth-order valence-corrected chi connectivity index (χ4v) is 4.54. The number of anilines is 2. The van der Waals surface area contributed by atoms with Crippen LogP contribution in [0.15, 0.2) is 48.5 Å². The first-order valence-electron chi connectivity index (χ1n) is 11.8. The molecule has 2 aliphatic rings. The Balaban J connectivity index is 1.43. The molecule has 0 aromatic heterocycles. The van der Waals surface area contributed by atoms with Gasteiger partial charge in [-0.05, 0) is 63.4 Å². The molecule has 0 aliphatic carbocycles. The minimum absolute atomic E-state index is 0.0776. The molecule has 2 aliphatic heterocycles. The van der Waals surface area contributed by atoms with Gasteiger partial charge in [-0.1, -0.05) is 18.2 Å². The summed E-state index contributed by atoms with van der Waals surface area (Å²) in [5.41, 5.74) is 2.10. The maximum atomic E-state index is 13.0. The average Bonchev–Trinajstić information content (AvgIpc) is 3.25. The summed E-state index contributed by atoms with van der Waals surface area (Å²) in [6, 6.07) is 14.8. The molecule has 7 heteroatoms. The third kappa shape index (κ3) is 5.42. The van der Waals surface area contributed by atoms with Crippen LogP contribution < -0.4 is 15.5 Å². The molecule has 174 valence electrons. The van der Waals surface area contributed by atoms with Crippen LogP contribution in [0.5, 0.6) is 0 Å². The van der Waals surface area contributed by atoms with Gasteiger partial charge >= 0.3 is 0 Å². The normalized spacial score (nSPS) is 17.4. The number of rotatable bonds is 6. The van der Waals surface area contributed by atoms with E-state index in [0.717, 1.165) is 38.0 Å². The largest absolute Gasteiger partial charge is 0.349 e. The van der Waals surface area contributed by atoms with E-state index in [1.807, 2.05) is 6.07 Å². The van der Waals surface area contributed by atoms with Crippen LogP contribution in [0.25, 0.3) is 0 Å². The van der Waals surface area contributed by atoms with E-state index in [-0.39, 0.29) is 23.8 Å². The molecule has 0 saturated carbocycles. The van der Waals surface area contributed by atoms with Crippen molar-refractivity contribution in [3.05, 3.63) is 59.7 Å². The van der Waals surface area contributed by atoms with Crippen molar-refractivity contribution in [2.24, 2.45) is 0 Å². The summed E-state index contributed by atoms with van der Waals surface area (Å²) in [5.74, 6) is -0.409. The molecule has 2 saturated heterocycles. The van der Waals surface area contributed by atoms with Gasteiger partial charge in [0, 0.05) is 49.4 Å². The average molecular weight is 449 g/mol. The van der Waals surface area contributed by atoms with Crippen LogP contribution in [0.2, 0.25) is 0 Å². The van der Waals surface area contributed by atoms with Crippen LogP contribution in [-0.4, -0.2) is 54.3 Å². The lowest BCUT2D eigenvalue weighted by Gasteiger charge is -2.34. The first kappa shape index (κ1) is 23.0. The number of carbonyl (C=O) groups is 3. The summed E-state index contributed by atoms with van der Waals surface area (Å²) >= 11 is 0. The Hall–Kier alpha value is -3.19. The molecule has 2 N–H and O–H groups in total. The Morgan fingerprint density at radius 1 is 0.970 bits per heavy atom. The topological polar surface area (TPSA) is 81.8 Å². The number of likely N-dealkylation sites (tertiary alicyclic amines) is 1. The molecule has 3 amide bonds. The summed E-state index contributed by atoms with van der Waals surface area (Å²) in [6.07, 6.45) is 3.20. The first-order valence-corrected chi connectivity index (χ1v) is 11.8. The third-order valence-corrected chi connectivity index (χ3v) is 6.51. The van der Waals surface area contributed by atoms with Crippen molar-refractivity contribution in [1.29, 1.82) is 0 Å². The predicted octanol–water partition coefficient (Wildman–Crippen LogP) is 3.67. The van der Waals surface area contributed by atoms with Crippen LogP contribution >= 0.6 is 0 Å². The Kier molecular flexibility index (Phi) is 7.08. The number of piperidine rings is 1. The summed E-state index contributed by atoms with van der Waals surface area (Å²) in [6.45, 7) is 6.99. The fourth-order valence-electron chi connectivity index (χ4n) is 4.54. The molecular weight excluding hydrogens is 416 g/mol. The molecule has 2 aromatic rings. The van der Waals surface area contributed by atoms with E-state index in [9.17, 15) is 14.4 Å². The SMILES string of the molecule is CC(C)N1CCC(NC(=O)c2ccccc2NC(=O)c2cccc(N3CCCC3=O)c2)CC1. The molecule has 0 atom stereocenters. The van der Waals surface area contributed by atoms with Crippen molar-refractivity contribution in [2.75, 3.05) is 29.9 Å². The molecule has 4 rings (SSSR count). The standard InChI is InChI=1S/C26H32N4O3/c1-18(2)29-15-12-20(13-16-29)27-26(33)22-9-3-4-10-23(22)28-25(32)19-7-5-8-21(17-19)30-14-6-11-24(30)31/h3-5,7-10,17-18,20H,6,11-16H2,1-2H3,(H,27,33)(H,28,32). The Bertz CT molecular complexity index is 1030. The second kappa shape index (κ2) is 10.2. The van der Waals surface area contributed by atoms with Gasteiger partial charge in [0.05, 0.1) is 11.3 Å². The highest BCUT2D eigenvalue weighted by Gasteiger charge is 2.24. The number of benzene rings is 2. The highest BCUT2D eigenvalue weighted by atomic mass is 16.2. The van der Waals surface area contributed by atoms with Gasteiger partial charge < -0.3 is 20.4 Å². The van der Waals surface area contributed by atoms with E-state index < -0.39 is 0 Å². The van der Waals surface area contributed by atoms with Gasteiger partial charge in [0.25, 0.3) is 11.8 Å². The molecule has 0 unspecified atom stereocenters. The molecule has 7 nitrogen and oxygen atoms in total. The number of nitrogens with zero attached hydrogens (tertiary/aromatic N) is 2. The summed E-state index contributed by atoms with van der Waals surface area (Å²) in [5, 5.41) is 6.02. The van der Waals surface area contributed by atoms with Crippen LogP contribution in [0, 0.1) is 0 Å². The maximum Gasteiger partial charge on any atom is 0.255 e. The van der Waals surface area contributed by atoms with Gasteiger partial charge in [0.2, 0.25) is 5.91 Å². The Morgan fingerprint density at radius 2 is 1.73 bits per heavy atom. The minimum atomic E-state index is -0.311. The lowest BCUT2D eigenvalue weighted by Crippen LogP contribution is -2.46. The van der Waals surface area contributed by atoms with Crippen LogP contribution in [0.4, 0.5) is 11.4 Å². The summed E-state index contributed by atoms with van der Waals surface area (Å²) < 4.78 is 0. The summed E-state index contributed by atoms with van der Waals surface area (Å²) in [7, 11) is 0. The Morgan fingerprint density at radius 3 is 2.42 bits per heavy atom. The van der Waals surface area contributed by atoms with E-state index in [4.69, 9.17) is 0 Å². The van der Waals surface area contributed by atoms with Gasteiger partial charge in [-0.25, -0.2) is 0 Å². The highest BCUT2D eigenvalue weighted by Crippen LogP contribution is 2.24. The van der Waals surface area contributed by atoms with Gasteiger partial charge in [0.15, 0.2) is 0 Å². The zero-order valence-electron chi connectivity index (χ0n) is 19.3. The van der Waals surface area contributed by atoms with Crippen LogP contribution in [0.3, 0.4) is 0 Å². The fraction of sp³-hybridized carbons (Fsp3) is 0.423. The van der Waals surface area contributed by atoms with Crippen LogP contribution in [-0.2, 0) is 4.79 Å². The number of nitrogens with one attached hydrogen (secondary N) is 2. The molecular formula is C26H32N4O3. The smallest absolute Gasteiger partial charge is 0.255 e. The van der Waals surface area contributed by atoms with Crippen molar-refractivity contribution in [3.63, 3.8) is 0 Å². The van der Waals surface area contributed by atoms with Gasteiger partial charge in [-0.2, -0.15) is 0 Å². The minimum Gasteiger partial charge on any atom is -0.349 e. The maximum absolute atomic E-state index is 13.0. The Labute approximate surface area is 195 Å². The second-order valence-electron chi connectivity index (χ2n) is 9.08. The molecule has 33 heavy (non-hydrogen) atoms. The summed E-state index contributed by atoms with van der Waals surface area (Å²) in [4.78, 5) is 42.2. The van der Waals surface area contributed by atoms with E-state index >= 15 is 0 Å². The molecule has 0 radical (unpaired) electrons. The molecule has 2 heterocycles. The van der Waals surface area contributed by atoms with E-state index in [1.54, 1.807) is 47.4 Å². The monoisotopic (exact) mass is 448 g/mol. The van der Waals surface area contributed by atoms with Crippen molar-refractivity contribution >= 4 is 29.1 Å². The van der Waals surface area contributed by atoms with Crippen molar-refractivity contribution < 1.29 is 14.4 Å². The number of hydrogen-bond donors (Lipinski definition) is 2. The van der Waals surface area contributed by atoms with Crippen LogP contribution in [0.1, 0.15) is 60.2 Å². The first-order chi connectivity index (χ1) is 15.9. The van der Waals surface area contributed by atoms with E-state index in [2.05, 4.69) is 29.4 Å². The van der Waals surface area contributed by atoms with Gasteiger partial charge in [0.1, 0.15) is 0 Å². The second-order valence-corrected chi connectivity index (χ2v) is 9.08. The molecule has 0 spiro atoms. The molecule has 2 fully saturated rings. The van der Waals surface area contributed by atoms with Crippen molar-refractivity contribution in [1.82, 2.24) is 10.2 Å². The number of para-hydroxylation sites is 1. The predicted molar refractivity (Wildman–Crippen MR) is 130 cm³/mol. The zero-order chi connectivity index (χ0) is 23.4. The number of carbonyl (C=O) groups excluding carboxylic acids is 3.